The highest BCUT2D eigenvalue weighted by molar-refractivity contribution is 6.07. The average molecular weight is 541 g/mol. The number of rotatable bonds is 7. The molecule has 2 aromatic heterocycles. The number of amides is 2. The number of likely N-dealkylation sites (tertiary alicyclic amines) is 1. The van der Waals surface area contributed by atoms with Crippen molar-refractivity contribution in [2.45, 2.75) is 51.7 Å². The Kier molecular flexibility index (Phi) is 6.93. The summed E-state index contributed by atoms with van der Waals surface area (Å²) in [4.78, 5) is 20.1. The van der Waals surface area contributed by atoms with Crippen LogP contribution in [-0.2, 0) is 10.2 Å². The lowest BCUT2D eigenvalue weighted by atomic mass is 9.92. The van der Waals surface area contributed by atoms with Gasteiger partial charge in [-0.3, -0.25) is 15.2 Å². The summed E-state index contributed by atoms with van der Waals surface area (Å²) in [6, 6.07) is 17.7. The van der Waals surface area contributed by atoms with E-state index in [2.05, 4.69) is 41.3 Å². The number of pyridine rings is 1. The van der Waals surface area contributed by atoms with Crippen molar-refractivity contribution in [2.24, 2.45) is 0 Å². The molecule has 2 unspecified atom stereocenters. The summed E-state index contributed by atoms with van der Waals surface area (Å²) in [5, 5.41) is 12.7. The summed E-state index contributed by atoms with van der Waals surface area (Å²) in [6.45, 7) is 11.5. The second kappa shape index (κ2) is 10.6. The fourth-order valence-corrected chi connectivity index (χ4v) is 5.42. The molecule has 2 aromatic carbocycles. The van der Waals surface area contributed by atoms with Gasteiger partial charge in [-0.15, -0.1) is 0 Å². The molecule has 2 bridgehead atoms. The number of aromatic nitrogens is 3. The van der Waals surface area contributed by atoms with Crippen LogP contribution in [0.4, 0.5) is 16.3 Å². The van der Waals surface area contributed by atoms with E-state index in [4.69, 9.17) is 14.6 Å². The third kappa shape index (κ3) is 5.39. The molecule has 208 valence electrons. The number of urea groups is 1. The smallest absolute Gasteiger partial charge is 0.324 e. The minimum Gasteiger partial charge on any atom is -0.492 e. The van der Waals surface area contributed by atoms with Crippen molar-refractivity contribution in [3.63, 3.8) is 0 Å². The zero-order chi connectivity index (χ0) is 27.9. The standard InChI is InChI=1S/C31H36N6O3/c1-20-9-10-21(17-32-20)37-29(16-28(35-37)31(2,3)4)34-30(38)33-26-11-12-27(25-8-6-5-7-24(25)26)39-14-13-36-18-23-15-22(36)19-40-23/h5-12,16-17,22-23H,13-15,18-19H2,1-4H3,(H2,33,34,38). The van der Waals surface area contributed by atoms with Gasteiger partial charge in [-0.25, -0.2) is 9.48 Å². The van der Waals surface area contributed by atoms with E-state index < -0.39 is 0 Å². The van der Waals surface area contributed by atoms with Crippen molar-refractivity contribution < 1.29 is 14.3 Å². The Morgan fingerprint density at radius 3 is 2.62 bits per heavy atom. The largest absolute Gasteiger partial charge is 0.492 e. The second-order valence-corrected chi connectivity index (χ2v) is 11.7. The minimum atomic E-state index is -0.355. The van der Waals surface area contributed by atoms with E-state index >= 15 is 0 Å². The molecule has 2 aliphatic rings. The molecule has 2 aliphatic heterocycles. The zero-order valence-corrected chi connectivity index (χ0v) is 23.5. The van der Waals surface area contributed by atoms with Gasteiger partial charge < -0.3 is 14.8 Å². The molecule has 9 heteroatoms. The third-order valence-electron chi connectivity index (χ3n) is 7.64. The zero-order valence-electron chi connectivity index (χ0n) is 23.5. The molecule has 0 aliphatic carbocycles. The highest BCUT2D eigenvalue weighted by atomic mass is 16.5. The van der Waals surface area contributed by atoms with Crippen molar-refractivity contribution in [3.05, 3.63) is 72.2 Å². The van der Waals surface area contributed by atoms with Crippen LogP contribution < -0.4 is 15.4 Å². The van der Waals surface area contributed by atoms with E-state index in [9.17, 15) is 4.79 Å². The number of hydrogen-bond donors (Lipinski definition) is 2. The van der Waals surface area contributed by atoms with Crippen LogP contribution in [0.2, 0.25) is 0 Å². The maximum atomic E-state index is 13.3. The number of benzene rings is 2. The van der Waals surface area contributed by atoms with E-state index in [1.54, 1.807) is 10.9 Å². The molecular formula is C31H36N6O3. The first-order valence-corrected chi connectivity index (χ1v) is 13.9. The van der Waals surface area contributed by atoms with Crippen LogP contribution >= 0.6 is 0 Å². The molecule has 2 N–H and O–H groups in total. The Hall–Kier alpha value is -3.95. The molecule has 4 aromatic rings. The fourth-order valence-electron chi connectivity index (χ4n) is 5.42. The van der Waals surface area contributed by atoms with Gasteiger partial charge in [-0.2, -0.15) is 5.10 Å². The molecule has 2 fully saturated rings. The number of anilines is 2. The minimum absolute atomic E-state index is 0.190. The van der Waals surface area contributed by atoms with E-state index in [0.717, 1.165) is 59.7 Å². The van der Waals surface area contributed by atoms with Gasteiger partial charge >= 0.3 is 6.03 Å². The summed E-state index contributed by atoms with van der Waals surface area (Å²) in [5.74, 6) is 1.38. The Balaban J connectivity index is 1.18. The van der Waals surface area contributed by atoms with Crippen LogP contribution in [0, 0.1) is 6.92 Å². The first-order valence-electron chi connectivity index (χ1n) is 13.9. The molecule has 2 amide bonds. The van der Waals surface area contributed by atoms with Crippen molar-refractivity contribution in [2.75, 3.05) is 36.9 Å². The molecule has 9 nitrogen and oxygen atoms in total. The number of morpholine rings is 1. The van der Waals surface area contributed by atoms with Gasteiger partial charge in [0.2, 0.25) is 0 Å². The first kappa shape index (κ1) is 26.3. The van der Waals surface area contributed by atoms with Crippen LogP contribution in [0.25, 0.3) is 16.5 Å². The van der Waals surface area contributed by atoms with E-state index in [1.807, 2.05) is 61.5 Å². The molecule has 0 spiro atoms. The van der Waals surface area contributed by atoms with Crippen LogP contribution in [0.1, 0.15) is 38.6 Å². The topological polar surface area (TPSA) is 93.5 Å². The number of hydrogen-bond acceptors (Lipinski definition) is 6. The lowest BCUT2D eigenvalue weighted by Crippen LogP contribution is -2.39. The summed E-state index contributed by atoms with van der Waals surface area (Å²) in [7, 11) is 0. The number of ether oxygens (including phenoxy) is 2. The lowest BCUT2D eigenvalue weighted by Gasteiger charge is -2.26. The normalized spacial score (nSPS) is 18.8. The molecule has 40 heavy (non-hydrogen) atoms. The number of carbonyl (C=O) groups is 1. The summed E-state index contributed by atoms with van der Waals surface area (Å²) >= 11 is 0. The van der Waals surface area contributed by atoms with E-state index in [1.165, 1.54) is 0 Å². The highest BCUT2D eigenvalue weighted by Crippen LogP contribution is 2.33. The van der Waals surface area contributed by atoms with Gasteiger partial charge in [0.15, 0.2) is 0 Å². The van der Waals surface area contributed by atoms with Crippen molar-refractivity contribution in [1.29, 1.82) is 0 Å². The number of fused-ring (bicyclic) bond motifs is 3. The first-order chi connectivity index (χ1) is 19.2. The molecule has 0 radical (unpaired) electrons. The third-order valence-corrected chi connectivity index (χ3v) is 7.64. The van der Waals surface area contributed by atoms with Crippen LogP contribution in [0.5, 0.6) is 5.75 Å². The van der Waals surface area contributed by atoms with E-state index in [0.29, 0.717) is 30.3 Å². The van der Waals surface area contributed by atoms with Crippen LogP contribution in [0.3, 0.4) is 0 Å². The van der Waals surface area contributed by atoms with Gasteiger partial charge in [0.05, 0.1) is 36.0 Å². The van der Waals surface area contributed by atoms with Gasteiger partial charge in [-0.05, 0) is 37.6 Å². The van der Waals surface area contributed by atoms with Gasteiger partial charge in [0.25, 0.3) is 0 Å². The Morgan fingerprint density at radius 1 is 1.10 bits per heavy atom. The van der Waals surface area contributed by atoms with Crippen molar-refractivity contribution in [3.8, 4) is 11.4 Å². The molecule has 2 atom stereocenters. The van der Waals surface area contributed by atoms with Crippen molar-refractivity contribution in [1.82, 2.24) is 19.7 Å². The monoisotopic (exact) mass is 540 g/mol. The number of nitrogens with one attached hydrogen (secondary N) is 2. The van der Waals surface area contributed by atoms with Crippen molar-refractivity contribution >= 4 is 28.3 Å². The SMILES string of the molecule is Cc1ccc(-n2nc(C(C)(C)C)cc2NC(=O)Nc2ccc(OCCN3CC4CC3CO4)c3ccccc23)cn1. The second-order valence-electron chi connectivity index (χ2n) is 11.7. The summed E-state index contributed by atoms with van der Waals surface area (Å²) in [5.41, 5.74) is 3.07. The molecule has 0 saturated carbocycles. The lowest BCUT2D eigenvalue weighted by molar-refractivity contribution is 0.0258. The van der Waals surface area contributed by atoms with E-state index in [-0.39, 0.29) is 11.4 Å². The van der Waals surface area contributed by atoms with Crippen LogP contribution in [0.15, 0.2) is 60.8 Å². The number of carbonyl (C=O) groups excluding carboxylic acids is 1. The maximum Gasteiger partial charge on any atom is 0.324 e. The maximum absolute atomic E-state index is 13.3. The average Bonchev–Trinajstić information content (AvgIpc) is 3.67. The molecule has 2 saturated heterocycles. The Morgan fingerprint density at radius 2 is 1.93 bits per heavy atom. The quantitative estimate of drug-likeness (QED) is 0.321. The molecule has 6 rings (SSSR count). The summed E-state index contributed by atoms with van der Waals surface area (Å²) < 4.78 is 13.7. The predicted molar refractivity (Wildman–Crippen MR) is 157 cm³/mol. The highest BCUT2D eigenvalue weighted by Gasteiger charge is 2.38. The van der Waals surface area contributed by atoms with Gasteiger partial charge in [0, 0.05) is 47.1 Å². The van der Waals surface area contributed by atoms with Gasteiger partial charge in [-0.1, -0.05) is 45.0 Å². The Bertz CT molecular complexity index is 1520. The predicted octanol–water partition coefficient (Wildman–Crippen LogP) is 5.52. The van der Waals surface area contributed by atoms with Crippen LogP contribution in [-0.4, -0.2) is 64.1 Å². The number of nitrogens with zero attached hydrogens (tertiary/aromatic N) is 4. The van der Waals surface area contributed by atoms with Gasteiger partial charge in [0.1, 0.15) is 18.2 Å². The Labute approximate surface area is 234 Å². The molecular weight excluding hydrogens is 504 g/mol. The number of aryl methyl sites for hydroxylation is 1. The summed E-state index contributed by atoms with van der Waals surface area (Å²) in [6.07, 6.45) is 3.27. The molecule has 4 heterocycles. The fraction of sp³-hybridized carbons (Fsp3) is 0.387.